The molecule has 4 aromatic heterocycles. The molecule has 363 valence electrons. The SMILES string of the molecule is CC(C)(C)Cc1cc(-c2[c-]cccc2)nc[c]1[Ge]([CH3])([CH3])[CH3].CC(C)C(C)c1ccc2c(n1)oc1c(-c3nc4ccccc4n3-c3c(-c4ccccc4)cc(C(C)(C)C)cc3-c3ccccc3)[c-]ccc12.[Ir]. The molecule has 6 aromatic carbocycles. The number of aromatic nitrogens is 4. The summed E-state index contributed by atoms with van der Waals surface area (Å²) in [4.78, 5) is 15.1. The van der Waals surface area contributed by atoms with Gasteiger partial charge in [-0.05, 0) is 64.4 Å². The quantitative estimate of drug-likeness (QED) is 0.107. The Morgan fingerprint density at radius 2 is 1.30 bits per heavy atom. The van der Waals surface area contributed by atoms with Gasteiger partial charge in [-0.2, -0.15) is 0 Å². The van der Waals surface area contributed by atoms with Crippen LogP contribution in [0.4, 0.5) is 0 Å². The van der Waals surface area contributed by atoms with Crippen molar-refractivity contribution in [3.63, 3.8) is 0 Å². The average molecular weight is 1170 g/mol. The van der Waals surface area contributed by atoms with Gasteiger partial charge in [0.1, 0.15) is 0 Å². The van der Waals surface area contributed by atoms with Crippen molar-refractivity contribution in [3.05, 3.63) is 187 Å². The summed E-state index contributed by atoms with van der Waals surface area (Å²) in [6.07, 6.45) is 3.24. The Bertz CT molecular complexity index is 3390. The van der Waals surface area contributed by atoms with Gasteiger partial charge >= 0.3 is 132 Å². The van der Waals surface area contributed by atoms with Crippen molar-refractivity contribution in [2.24, 2.45) is 11.3 Å². The molecule has 0 amide bonds. The molecule has 0 aliphatic heterocycles. The Hall–Kier alpha value is -5.92. The fraction of sp³-hybridized carbons (Fsp3) is 0.266. The van der Waals surface area contributed by atoms with Gasteiger partial charge in [-0.1, -0.05) is 125 Å². The number of furan rings is 1. The summed E-state index contributed by atoms with van der Waals surface area (Å²) in [6.45, 7) is 20.4. The molecule has 0 saturated carbocycles. The van der Waals surface area contributed by atoms with E-state index in [0.29, 0.717) is 23.0 Å². The standard InChI is InChI=1S/C45H40N3O.C19H26GeN.Ir/c1-28(2)29(3)38-25-24-34-33-20-15-21-35(42(33)49-44(34)47-38)43-46-39-22-13-14-23-40(39)48(43)41-36(30-16-9-7-10-17-30)26-32(45(4,5)6)27-37(41)31-18-11-8-12-19-31;1-19(2,3)13-16-12-18(15-10-8-7-9-11-15)21-14-17(16)20(4,5)6;/h7-20,22-29H,1-6H3;7-10,12,14H,13H2,1-6H3;/q2*-1;. The molecule has 5 nitrogen and oxygen atoms in total. The van der Waals surface area contributed by atoms with Gasteiger partial charge < -0.3 is 8.98 Å². The van der Waals surface area contributed by atoms with Crippen LogP contribution in [0.3, 0.4) is 0 Å². The van der Waals surface area contributed by atoms with Crippen LogP contribution in [-0.4, -0.2) is 32.8 Å². The van der Waals surface area contributed by atoms with Gasteiger partial charge in [0.2, 0.25) is 5.71 Å². The maximum Gasteiger partial charge on any atom is 0.216 e. The van der Waals surface area contributed by atoms with E-state index < -0.39 is 13.3 Å². The van der Waals surface area contributed by atoms with Gasteiger partial charge in [0.05, 0.1) is 28.1 Å². The van der Waals surface area contributed by atoms with E-state index in [2.05, 4.69) is 230 Å². The van der Waals surface area contributed by atoms with Crippen molar-refractivity contribution in [3.8, 4) is 50.6 Å². The topological polar surface area (TPSA) is 56.7 Å². The molecule has 0 aliphatic carbocycles. The van der Waals surface area contributed by atoms with Crippen molar-refractivity contribution in [2.45, 2.75) is 97.3 Å². The first-order chi connectivity index (χ1) is 33.4. The molecule has 1 radical (unpaired) electrons. The molecule has 0 N–H and O–H groups in total. The summed E-state index contributed by atoms with van der Waals surface area (Å²) in [5.74, 6) is 8.89. The second-order valence-corrected chi connectivity index (χ2v) is 33.0. The van der Waals surface area contributed by atoms with Crippen LogP contribution >= 0.6 is 0 Å². The van der Waals surface area contributed by atoms with Crippen LogP contribution in [0, 0.1) is 23.5 Å². The van der Waals surface area contributed by atoms with Gasteiger partial charge in [-0.25, -0.2) is 4.98 Å². The second-order valence-electron chi connectivity index (χ2n) is 22.5. The van der Waals surface area contributed by atoms with Crippen LogP contribution in [0.25, 0.3) is 83.7 Å². The molecule has 4 heterocycles. The largest absolute Gasteiger partial charge is 0.486 e. The minimum atomic E-state index is -1.90. The number of hydrogen-bond acceptors (Lipinski definition) is 4. The Morgan fingerprint density at radius 1 is 0.662 bits per heavy atom. The van der Waals surface area contributed by atoms with Gasteiger partial charge in [0.25, 0.3) is 0 Å². The third-order valence-electron chi connectivity index (χ3n) is 13.4. The number of fused-ring (bicyclic) bond motifs is 4. The monoisotopic (exact) mass is 1170 g/mol. The van der Waals surface area contributed by atoms with Crippen LogP contribution in [0.1, 0.15) is 85.1 Å². The molecule has 0 bridgehead atoms. The van der Waals surface area contributed by atoms with E-state index in [1.54, 1.807) is 0 Å². The molecular weight excluding hydrogens is 1110 g/mol. The van der Waals surface area contributed by atoms with Crippen LogP contribution in [0.2, 0.25) is 17.3 Å². The fourth-order valence-electron chi connectivity index (χ4n) is 9.39. The van der Waals surface area contributed by atoms with Crippen molar-refractivity contribution in [1.82, 2.24) is 19.5 Å². The first-order valence-electron chi connectivity index (χ1n) is 24.8. The van der Waals surface area contributed by atoms with Crippen LogP contribution < -0.4 is 4.40 Å². The summed E-state index contributed by atoms with van der Waals surface area (Å²) >= 11 is -1.90. The Morgan fingerprint density at radius 3 is 1.89 bits per heavy atom. The van der Waals surface area contributed by atoms with Gasteiger partial charge in [-0.3, -0.25) is 4.98 Å². The minimum Gasteiger partial charge on any atom is -0.486 e. The summed E-state index contributed by atoms with van der Waals surface area (Å²) in [5.41, 5.74) is 15.9. The predicted molar refractivity (Wildman–Crippen MR) is 298 cm³/mol. The number of pyridine rings is 2. The van der Waals surface area contributed by atoms with Crippen molar-refractivity contribution >= 4 is 50.8 Å². The van der Waals surface area contributed by atoms with Crippen molar-refractivity contribution in [2.75, 3.05) is 0 Å². The minimum absolute atomic E-state index is 0. The van der Waals surface area contributed by atoms with E-state index >= 15 is 0 Å². The Labute approximate surface area is 437 Å². The number of nitrogens with zero attached hydrogens (tertiary/aromatic N) is 4. The zero-order valence-corrected chi connectivity index (χ0v) is 47.9. The van der Waals surface area contributed by atoms with Crippen molar-refractivity contribution < 1.29 is 24.5 Å². The molecule has 0 fully saturated rings. The fourth-order valence-corrected chi connectivity index (χ4v) is 12.7. The van der Waals surface area contributed by atoms with Crippen LogP contribution in [-0.2, 0) is 31.9 Å². The third-order valence-corrected chi connectivity index (χ3v) is 17.8. The summed E-state index contributed by atoms with van der Waals surface area (Å²) in [7, 11) is 0. The normalized spacial score (nSPS) is 12.5. The smallest absolute Gasteiger partial charge is 0.216 e. The molecule has 10 rings (SSSR count). The maximum absolute atomic E-state index is 6.69. The second kappa shape index (κ2) is 20.7. The molecule has 0 saturated heterocycles. The van der Waals surface area contributed by atoms with E-state index in [0.717, 1.165) is 90.1 Å². The average Bonchev–Trinajstić information content (AvgIpc) is 3.91. The number of benzene rings is 6. The van der Waals surface area contributed by atoms with Gasteiger partial charge in [0.15, 0.2) is 0 Å². The van der Waals surface area contributed by atoms with E-state index in [9.17, 15) is 0 Å². The first-order valence-corrected chi connectivity index (χ1v) is 32.2. The maximum atomic E-state index is 6.69. The number of hydrogen-bond donors (Lipinski definition) is 0. The Kier molecular flexibility index (Phi) is 15.0. The molecule has 71 heavy (non-hydrogen) atoms. The van der Waals surface area contributed by atoms with E-state index in [1.165, 1.54) is 15.5 Å². The summed E-state index contributed by atoms with van der Waals surface area (Å²) in [5, 5.41) is 2.00. The molecule has 0 spiro atoms. The van der Waals surface area contributed by atoms with Crippen molar-refractivity contribution in [1.29, 1.82) is 0 Å². The van der Waals surface area contributed by atoms with Gasteiger partial charge in [0, 0.05) is 48.2 Å². The molecule has 1 atom stereocenters. The molecule has 10 aromatic rings. The van der Waals surface area contributed by atoms with Crippen LogP contribution in [0.5, 0.6) is 0 Å². The van der Waals surface area contributed by atoms with Gasteiger partial charge in [-0.15, -0.1) is 18.2 Å². The first kappa shape index (κ1) is 51.4. The Balaban J connectivity index is 0.000000259. The number of para-hydroxylation sites is 2. The molecular formula is C64H66GeIrN4O-2. The van der Waals surface area contributed by atoms with E-state index in [4.69, 9.17) is 19.4 Å². The zero-order valence-electron chi connectivity index (χ0n) is 43.4. The zero-order chi connectivity index (χ0) is 49.5. The summed E-state index contributed by atoms with van der Waals surface area (Å²) in [6, 6.07) is 60.1. The number of imidazole rings is 1. The molecule has 7 heteroatoms. The van der Waals surface area contributed by atoms with Crippen LogP contribution in [0.15, 0.2) is 162 Å². The predicted octanol–water partition coefficient (Wildman–Crippen LogP) is 16.9. The molecule has 0 aliphatic rings. The third kappa shape index (κ3) is 11.0. The number of rotatable bonds is 9. The molecule has 1 unspecified atom stereocenters. The van der Waals surface area contributed by atoms with E-state index in [1.807, 2.05) is 24.3 Å². The van der Waals surface area contributed by atoms with E-state index in [-0.39, 0.29) is 25.5 Å². The summed E-state index contributed by atoms with van der Waals surface area (Å²) < 4.78 is 10.5.